The Morgan fingerprint density at radius 2 is 2.25 bits per heavy atom. The van der Waals surface area contributed by atoms with Crippen LogP contribution in [0.1, 0.15) is 46.5 Å². The van der Waals surface area contributed by atoms with Crippen molar-refractivity contribution in [2.75, 3.05) is 20.3 Å². The van der Waals surface area contributed by atoms with E-state index in [0.717, 1.165) is 13.0 Å². The van der Waals surface area contributed by atoms with Gasteiger partial charge in [0.25, 0.3) is 0 Å². The molecule has 0 saturated carbocycles. The molecule has 2 aliphatic rings. The fourth-order valence-corrected chi connectivity index (χ4v) is 3.35. The molecule has 5 nitrogen and oxygen atoms in total. The van der Waals surface area contributed by atoms with E-state index < -0.39 is 5.79 Å². The van der Waals surface area contributed by atoms with E-state index in [9.17, 15) is 4.79 Å². The van der Waals surface area contributed by atoms with Crippen LogP contribution in [0, 0.1) is 0 Å². The molecule has 0 aromatic carbocycles. The van der Waals surface area contributed by atoms with Crippen molar-refractivity contribution in [3.05, 3.63) is 0 Å². The standard InChI is InChI=1S/C15H27NO4/c1-11(2)16-7-5-6-12(16)9-15(3)19-10-13(20-15)8-14(17)18-4/h11-13H,5-10H2,1-4H3. The summed E-state index contributed by atoms with van der Waals surface area (Å²) in [6, 6.07) is 1.07. The van der Waals surface area contributed by atoms with Crippen molar-refractivity contribution in [1.82, 2.24) is 4.90 Å². The average molecular weight is 285 g/mol. The van der Waals surface area contributed by atoms with Crippen LogP contribution in [-0.4, -0.2) is 55.1 Å². The summed E-state index contributed by atoms with van der Waals surface area (Å²) in [6.45, 7) is 8.08. The van der Waals surface area contributed by atoms with E-state index in [1.807, 2.05) is 6.92 Å². The quantitative estimate of drug-likeness (QED) is 0.723. The lowest BCUT2D eigenvalue weighted by atomic mass is 10.0. The van der Waals surface area contributed by atoms with Gasteiger partial charge in [-0.2, -0.15) is 0 Å². The van der Waals surface area contributed by atoms with Crippen molar-refractivity contribution in [1.29, 1.82) is 0 Å². The Morgan fingerprint density at radius 1 is 1.50 bits per heavy atom. The minimum atomic E-state index is -0.569. The summed E-state index contributed by atoms with van der Waals surface area (Å²) in [6.07, 6.45) is 3.39. The highest BCUT2D eigenvalue weighted by atomic mass is 16.7. The van der Waals surface area contributed by atoms with E-state index in [1.165, 1.54) is 20.0 Å². The van der Waals surface area contributed by atoms with Gasteiger partial charge in [0, 0.05) is 18.5 Å². The van der Waals surface area contributed by atoms with Gasteiger partial charge in [0.05, 0.1) is 26.2 Å². The summed E-state index contributed by atoms with van der Waals surface area (Å²) in [5.74, 6) is -0.812. The normalized spacial score (nSPS) is 34.9. The Kier molecular flexibility index (Phi) is 5.04. The Bertz CT molecular complexity index is 347. The number of nitrogens with zero attached hydrogens (tertiary/aromatic N) is 1. The van der Waals surface area contributed by atoms with Crippen LogP contribution in [0.2, 0.25) is 0 Å². The summed E-state index contributed by atoms with van der Waals surface area (Å²) in [5.41, 5.74) is 0. The van der Waals surface area contributed by atoms with Crippen LogP contribution in [0.25, 0.3) is 0 Å². The highest BCUT2D eigenvalue weighted by Gasteiger charge is 2.42. The van der Waals surface area contributed by atoms with E-state index in [0.29, 0.717) is 18.7 Å². The third kappa shape index (κ3) is 3.71. The smallest absolute Gasteiger partial charge is 0.308 e. The van der Waals surface area contributed by atoms with Crippen molar-refractivity contribution in [2.24, 2.45) is 0 Å². The van der Waals surface area contributed by atoms with Gasteiger partial charge in [0.2, 0.25) is 0 Å². The maximum absolute atomic E-state index is 11.3. The third-order valence-corrected chi connectivity index (χ3v) is 4.30. The molecule has 3 atom stereocenters. The van der Waals surface area contributed by atoms with E-state index in [-0.39, 0.29) is 18.5 Å². The number of esters is 1. The molecule has 3 unspecified atom stereocenters. The van der Waals surface area contributed by atoms with Gasteiger partial charge in [-0.05, 0) is 40.2 Å². The predicted octanol–water partition coefficient (Wildman–Crippen LogP) is 1.94. The van der Waals surface area contributed by atoms with Crippen molar-refractivity contribution in [2.45, 2.75) is 70.4 Å². The van der Waals surface area contributed by atoms with E-state index in [1.54, 1.807) is 0 Å². The summed E-state index contributed by atoms with van der Waals surface area (Å²) >= 11 is 0. The SMILES string of the molecule is COC(=O)CC1COC(C)(CC2CCCN2C(C)C)O1. The number of carbonyl (C=O) groups excluding carboxylic acids is 1. The fraction of sp³-hybridized carbons (Fsp3) is 0.933. The zero-order valence-electron chi connectivity index (χ0n) is 13.1. The van der Waals surface area contributed by atoms with Gasteiger partial charge < -0.3 is 14.2 Å². The summed E-state index contributed by atoms with van der Waals surface area (Å²) in [4.78, 5) is 13.8. The number of methoxy groups -OCH3 is 1. The van der Waals surface area contributed by atoms with Crippen molar-refractivity contribution in [3.63, 3.8) is 0 Å². The van der Waals surface area contributed by atoms with Crippen molar-refractivity contribution >= 4 is 5.97 Å². The van der Waals surface area contributed by atoms with Crippen LogP contribution in [-0.2, 0) is 19.0 Å². The Labute approximate surface area is 121 Å². The van der Waals surface area contributed by atoms with Crippen LogP contribution >= 0.6 is 0 Å². The van der Waals surface area contributed by atoms with Gasteiger partial charge >= 0.3 is 5.97 Å². The third-order valence-electron chi connectivity index (χ3n) is 4.30. The lowest BCUT2D eigenvalue weighted by Crippen LogP contribution is -2.41. The molecular weight excluding hydrogens is 258 g/mol. The van der Waals surface area contributed by atoms with E-state index in [4.69, 9.17) is 9.47 Å². The molecule has 0 N–H and O–H groups in total. The summed E-state index contributed by atoms with van der Waals surface area (Å²) in [7, 11) is 1.40. The van der Waals surface area contributed by atoms with E-state index >= 15 is 0 Å². The molecule has 0 amide bonds. The first-order chi connectivity index (χ1) is 9.43. The van der Waals surface area contributed by atoms with Gasteiger partial charge in [0.15, 0.2) is 5.79 Å². The van der Waals surface area contributed by atoms with Gasteiger partial charge in [-0.3, -0.25) is 9.69 Å². The largest absolute Gasteiger partial charge is 0.469 e. The molecule has 0 bridgehead atoms. The second-order valence-corrected chi connectivity index (χ2v) is 6.30. The highest BCUT2D eigenvalue weighted by Crippen LogP contribution is 2.34. The number of hydrogen-bond donors (Lipinski definition) is 0. The molecule has 116 valence electrons. The van der Waals surface area contributed by atoms with Gasteiger partial charge in [-0.15, -0.1) is 0 Å². The maximum Gasteiger partial charge on any atom is 0.308 e. The minimum Gasteiger partial charge on any atom is -0.469 e. The van der Waals surface area contributed by atoms with Crippen molar-refractivity contribution in [3.8, 4) is 0 Å². The van der Waals surface area contributed by atoms with Gasteiger partial charge in [-0.25, -0.2) is 0 Å². The summed E-state index contributed by atoms with van der Waals surface area (Å²) < 4.78 is 16.5. The molecule has 20 heavy (non-hydrogen) atoms. The topological polar surface area (TPSA) is 48.0 Å². The molecule has 0 aromatic rings. The fourth-order valence-electron chi connectivity index (χ4n) is 3.35. The lowest BCUT2D eigenvalue weighted by molar-refractivity contribution is -0.171. The number of carbonyl (C=O) groups is 1. The molecule has 0 radical (unpaired) electrons. The first kappa shape index (κ1) is 15.7. The average Bonchev–Trinajstić information content (AvgIpc) is 2.97. The Morgan fingerprint density at radius 3 is 2.90 bits per heavy atom. The number of ether oxygens (including phenoxy) is 3. The lowest BCUT2D eigenvalue weighted by Gasteiger charge is -2.33. The van der Waals surface area contributed by atoms with Crippen LogP contribution in [0.3, 0.4) is 0 Å². The molecular formula is C15H27NO4. The Balaban J connectivity index is 1.88. The molecule has 2 fully saturated rings. The molecule has 5 heteroatoms. The number of hydrogen-bond acceptors (Lipinski definition) is 5. The molecule has 0 spiro atoms. The molecule has 2 rings (SSSR count). The minimum absolute atomic E-state index is 0.179. The van der Waals surface area contributed by atoms with E-state index in [2.05, 4.69) is 23.5 Å². The van der Waals surface area contributed by atoms with Crippen LogP contribution in [0.4, 0.5) is 0 Å². The summed E-state index contributed by atoms with van der Waals surface area (Å²) in [5, 5.41) is 0. The second-order valence-electron chi connectivity index (χ2n) is 6.30. The monoisotopic (exact) mass is 285 g/mol. The zero-order chi connectivity index (χ0) is 14.8. The zero-order valence-corrected chi connectivity index (χ0v) is 13.1. The first-order valence-electron chi connectivity index (χ1n) is 7.58. The molecule has 2 heterocycles. The van der Waals surface area contributed by atoms with Crippen LogP contribution in [0.15, 0.2) is 0 Å². The van der Waals surface area contributed by atoms with Crippen LogP contribution in [0.5, 0.6) is 0 Å². The van der Waals surface area contributed by atoms with Gasteiger partial charge in [-0.1, -0.05) is 0 Å². The second kappa shape index (κ2) is 6.41. The Hall–Kier alpha value is -0.650. The first-order valence-corrected chi connectivity index (χ1v) is 7.58. The molecule has 2 aliphatic heterocycles. The van der Waals surface area contributed by atoms with Crippen LogP contribution < -0.4 is 0 Å². The number of rotatable bonds is 5. The predicted molar refractivity (Wildman–Crippen MR) is 75.3 cm³/mol. The maximum atomic E-state index is 11.3. The number of likely N-dealkylation sites (tertiary alicyclic amines) is 1. The molecule has 2 saturated heterocycles. The highest BCUT2D eigenvalue weighted by molar-refractivity contribution is 5.69. The van der Waals surface area contributed by atoms with Crippen molar-refractivity contribution < 1.29 is 19.0 Å². The molecule has 0 aliphatic carbocycles. The molecule has 0 aromatic heterocycles. The van der Waals surface area contributed by atoms with Gasteiger partial charge in [0.1, 0.15) is 0 Å².